The van der Waals surface area contributed by atoms with Crippen LogP contribution in [0.25, 0.3) is 0 Å². The van der Waals surface area contributed by atoms with E-state index in [0.29, 0.717) is 11.8 Å². The summed E-state index contributed by atoms with van der Waals surface area (Å²) in [7, 11) is 0. The number of hydrogen-bond acceptors (Lipinski definition) is 6. The highest BCUT2D eigenvalue weighted by atomic mass is 35.5. The van der Waals surface area contributed by atoms with Gasteiger partial charge in [-0.2, -0.15) is 13.2 Å². The van der Waals surface area contributed by atoms with Crippen LogP contribution in [0, 0.1) is 6.92 Å². The smallest absolute Gasteiger partial charge is 0.416 e. The number of nitrogens with zero attached hydrogens (tertiary/aromatic N) is 2. The molecular formula is C13H9ClF3N3O3S. The lowest BCUT2D eigenvalue weighted by Gasteiger charge is -2.11. The second-order valence-corrected chi connectivity index (χ2v) is 5.67. The average molecular weight is 380 g/mol. The molecule has 0 unspecified atom stereocenters. The van der Waals surface area contributed by atoms with Gasteiger partial charge in [0, 0.05) is 0 Å². The Morgan fingerprint density at radius 1 is 1.38 bits per heavy atom. The normalized spacial score (nSPS) is 11.2. The molecule has 0 spiro atoms. The van der Waals surface area contributed by atoms with E-state index in [0.717, 1.165) is 23.7 Å². The number of carbonyl (C=O) groups excluding carboxylic acids is 2. The standard InChI is InChI=1S/C13H9ClF3N3O3S/c1-6-11(24-20-19-6)12(22)23-5-10(21)18-9-4-7(13(15,16)17)2-3-8(9)14/h2-4H,5H2,1H3,(H,18,21). The van der Waals surface area contributed by atoms with Gasteiger partial charge in [-0.3, -0.25) is 4.79 Å². The molecular weight excluding hydrogens is 371 g/mol. The number of esters is 1. The largest absolute Gasteiger partial charge is 0.451 e. The predicted octanol–water partition coefficient (Wildman–Crippen LogP) is 3.31. The van der Waals surface area contributed by atoms with Crippen LogP contribution in [0.2, 0.25) is 5.02 Å². The van der Waals surface area contributed by atoms with Crippen LogP contribution in [0.5, 0.6) is 0 Å². The van der Waals surface area contributed by atoms with Gasteiger partial charge in [0.2, 0.25) is 0 Å². The van der Waals surface area contributed by atoms with Gasteiger partial charge in [-0.05, 0) is 36.7 Å². The summed E-state index contributed by atoms with van der Waals surface area (Å²) in [6.07, 6.45) is -4.58. The van der Waals surface area contributed by atoms with Crippen LogP contribution in [-0.4, -0.2) is 28.1 Å². The molecule has 0 aliphatic rings. The van der Waals surface area contributed by atoms with E-state index in [1.54, 1.807) is 6.92 Å². The van der Waals surface area contributed by atoms with Crippen molar-refractivity contribution in [3.05, 3.63) is 39.4 Å². The molecule has 11 heteroatoms. The first-order valence-corrected chi connectivity index (χ1v) is 7.46. The molecule has 0 bridgehead atoms. The third-order valence-corrected chi connectivity index (χ3v) is 3.88. The predicted molar refractivity (Wildman–Crippen MR) is 80.0 cm³/mol. The van der Waals surface area contributed by atoms with Crippen molar-refractivity contribution in [2.24, 2.45) is 0 Å². The summed E-state index contributed by atoms with van der Waals surface area (Å²) >= 11 is 6.56. The van der Waals surface area contributed by atoms with Crippen molar-refractivity contribution in [1.82, 2.24) is 9.59 Å². The number of anilines is 1. The van der Waals surface area contributed by atoms with Crippen molar-refractivity contribution < 1.29 is 27.5 Å². The van der Waals surface area contributed by atoms with Crippen LogP contribution in [0.15, 0.2) is 18.2 Å². The number of alkyl halides is 3. The summed E-state index contributed by atoms with van der Waals surface area (Å²) in [4.78, 5) is 23.6. The Labute approximate surface area is 142 Å². The first-order chi connectivity index (χ1) is 11.2. The summed E-state index contributed by atoms with van der Waals surface area (Å²) in [6.45, 7) is 0.853. The minimum atomic E-state index is -4.58. The maximum atomic E-state index is 12.7. The van der Waals surface area contributed by atoms with E-state index in [-0.39, 0.29) is 15.6 Å². The average Bonchev–Trinajstić information content (AvgIpc) is 2.92. The van der Waals surface area contributed by atoms with Crippen LogP contribution in [0.4, 0.5) is 18.9 Å². The van der Waals surface area contributed by atoms with Gasteiger partial charge in [0.15, 0.2) is 11.5 Å². The van der Waals surface area contributed by atoms with Crippen molar-refractivity contribution in [2.45, 2.75) is 13.1 Å². The van der Waals surface area contributed by atoms with Crippen LogP contribution in [0.3, 0.4) is 0 Å². The van der Waals surface area contributed by atoms with Crippen molar-refractivity contribution in [3.63, 3.8) is 0 Å². The Hall–Kier alpha value is -2.20. The molecule has 0 saturated carbocycles. The van der Waals surface area contributed by atoms with Gasteiger partial charge in [0.05, 0.1) is 22.0 Å². The van der Waals surface area contributed by atoms with Gasteiger partial charge in [-0.15, -0.1) is 5.10 Å². The lowest BCUT2D eigenvalue weighted by atomic mass is 10.2. The van der Waals surface area contributed by atoms with E-state index in [4.69, 9.17) is 16.3 Å². The molecule has 0 aliphatic carbocycles. The van der Waals surface area contributed by atoms with Gasteiger partial charge in [-0.1, -0.05) is 16.1 Å². The fraction of sp³-hybridized carbons (Fsp3) is 0.231. The molecule has 6 nitrogen and oxygen atoms in total. The van der Waals surface area contributed by atoms with E-state index in [2.05, 4.69) is 14.9 Å². The van der Waals surface area contributed by atoms with E-state index in [1.807, 2.05) is 0 Å². The molecule has 1 aromatic heterocycles. The third-order valence-electron chi connectivity index (χ3n) is 2.74. The van der Waals surface area contributed by atoms with Gasteiger partial charge in [0.1, 0.15) is 0 Å². The molecule has 24 heavy (non-hydrogen) atoms. The molecule has 1 N–H and O–H groups in total. The monoisotopic (exact) mass is 379 g/mol. The molecule has 0 aliphatic heterocycles. The Kier molecular flexibility index (Phi) is 5.40. The highest BCUT2D eigenvalue weighted by molar-refractivity contribution is 7.07. The number of aryl methyl sites for hydroxylation is 1. The SMILES string of the molecule is Cc1nnsc1C(=O)OCC(=O)Nc1cc(C(F)(F)F)ccc1Cl. The Bertz CT molecular complexity index is 779. The quantitative estimate of drug-likeness (QED) is 0.824. The van der Waals surface area contributed by atoms with Crippen molar-refractivity contribution in [2.75, 3.05) is 11.9 Å². The first kappa shape index (κ1) is 18.1. The molecule has 2 aromatic rings. The molecule has 1 heterocycles. The zero-order valence-corrected chi connectivity index (χ0v) is 13.6. The number of halogens is 4. The molecule has 1 aromatic carbocycles. The topological polar surface area (TPSA) is 81.2 Å². The summed E-state index contributed by atoms with van der Waals surface area (Å²) < 4.78 is 46.3. The van der Waals surface area contributed by atoms with Crippen molar-refractivity contribution in [1.29, 1.82) is 0 Å². The van der Waals surface area contributed by atoms with Crippen LogP contribution in [0.1, 0.15) is 20.9 Å². The van der Waals surface area contributed by atoms with E-state index < -0.39 is 30.2 Å². The first-order valence-electron chi connectivity index (χ1n) is 6.31. The Morgan fingerprint density at radius 3 is 2.67 bits per heavy atom. The number of nitrogens with one attached hydrogen (secondary N) is 1. The fourth-order valence-electron chi connectivity index (χ4n) is 1.60. The summed E-state index contributed by atoms with van der Waals surface area (Å²) in [6, 6.07) is 2.50. The molecule has 0 fully saturated rings. The van der Waals surface area contributed by atoms with E-state index in [1.165, 1.54) is 0 Å². The van der Waals surface area contributed by atoms with Crippen LogP contribution in [-0.2, 0) is 15.7 Å². The van der Waals surface area contributed by atoms with Crippen LogP contribution < -0.4 is 5.32 Å². The summed E-state index contributed by atoms with van der Waals surface area (Å²) in [5, 5.41) is 5.70. The number of rotatable bonds is 4. The van der Waals surface area contributed by atoms with Gasteiger partial charge >= 0.3 is 12.1 Å². The molecule has 2 rings (SSSR count). The number of benzene rings is 1. The van der Waals surface area contributed by atoms with Crippen LogP contribution >= 0.6 is 23.1 Å². The number of ether oxygens (including phenoxy) is 1. The van der Waals surface area contributed by atoms with E-state index >= 15 is 0 Å². The number of aromatic nitrogens is 2. The zero-order chi connectivity index (χ0) is 17.9. The van der Waals surface area contributed by atoms with Gasteiger partial charge in [-0.25, -0.2) is 4.79 Å². The molecule has 128 valence electrons. The number of carbonyl (C=O) groups is 2. The lowest BCUT2D eigenvalue weighted by Crippen LogP contribution is -2.21. The molecule has 0 saturated heterocycles. The van der Waals surface area contributed by atoms with Crippen molar-refractivity contribution in [3.8, 4) is 0 Å². The highest BCUT2D eigenvalue weighted by Gasteiger charge is 2.31. The Balaban J connectivity index is 2.00. The molecule has 1 amide bonds. The minimum Gasteiger partial charge on any atom is -0.451 e. The fourth-order valence-corrected chi connectivity index (χ4v) is 2.32. The zero-order valence-electron chi connectivity index (χ0n) is 12.0. The summed E-state index contributed by atoms with van der Waals surface area (Å²) in [5.41, 5.74) is -0.847. The maximum absolute atomic E-state index is 12.7. The second-order valence-electron chi connectivity index (χ2n) is 4.50. The van der Waals surface area contributed by atoms with E-state index in [9.17, 15) is 22.8 Å². The highest BCUT2D eigenvalue weighted by Crippen LogP contribution is 2.33. The number of hydrogen-bond donors (Lipinski definition) is 1. The maximum Gasteiger partial charge on any atom is 0.416 e. The molecule has 0 radical (unpaired) electrons. The third kappa shape index (κ3) is 4.42. The summed E-state index contributed by atoms with van der Waals surface area (Å²) in [5.74, 6) is -1.63. The van der Waals surface area contributed by atoms with Gasteiger partial charge < -0.3 is 10.1 Å². The molecule has 0 atom stereocenters. The van der Waals surface area contributed by atoms with Crippen molar-refractivity contribution >= 4 is 40.7 Å². The number of amides is 1. The van der Waals surface area contributed by atoms with Gasteiger partial charge in [0.25, 0.3) is 5.91 Å². The minimum absolute atomic E-state index is 0.0785. The second kappa shape index (κ2) is 7.14. The Morgan fingerprint density at radius 2 is 2.08 bits per heavy atom. The lowest BCUT2D eigenvalue weighted by molar-refractivity contribution is -0.137.